The third-order valence-corrected chi connectivity index (χ3v) is 4.73. The molecule has 0 N–H and O–H groups in total. The van der Waals surface area contributed by atoms with Gasteiger partial charge in [-0.05, 0) is 36.5 Å². The molecule has 0 bridgehead atoms. The number of hydrogen-bond acceptors (Lipinski definition) is 1. The van der Waals surface area contributed by atoms with Gasteiger partial charge >= 0.3 is 0 Å². The standard InChI is InChI=1S/C11H20IN/c1-9(2)10-6-11(4-3-5-11)8-13(12)7-10/h9-10H,3-8H2,1-2H3/t10-/m0/s1. The first-order valence-electron chi connectivity index (χ1n) is 5.52. The maximum Gasteiger partial charge on any atom is 0.0201 e. The lowest BCUT2D eigenvalue weighted by molar-refractivity contribution is 0.0213. The molecule has 1 heterocycles. The summed E-state index contributed by atoms with van der Waals surface area (Å²) < 4.78 is 2.53. The molecule has 2 aliphatic rings. The summed E-state index contributed by atoms with van der Waals surface area (Å²) >= 11 is 2.52. The zero-order valence-electron chi connectivity index (χ0n) is 8.72. The highest BCUT2D eigenvalue weighted by atomic mass is 127. The van der Waals surface area contributed by atoms with Gasteiger partial charge in [-0.2, -0.15) is 0 Å². The summed E-state index contributed by atoms with van der Waals surface area (Å²) in [6, 6.07) is 0. The summed E-state index contributed by atoms with van der Waals surface area (Å²) in [5, 5.41) is 0. The van der Waals surface area contributed by atoms with Crippen molar-refractivity contribution >= 4 is 22.9 Å². The lowest BCUT2D eigenvalue weighted by Crippen LogP contribution is -2.48. The Hall–Kier alpha value is 0.690. The molecular formula is C11H20IN. The predicted molar refractivity (Wildman–Crippen MR) is 64.8 cm³/mol. The molecule has 1 saturated heterocycles. The average molecular weight is 293 g/mol. The topological polar surface area (TPSA) is 3.24 Å². The fourth-order valence-corrected chi connectivity index (χ4v) is 4.08. The number of rotatable bonds is 1. The van der Waals surface area contributed by atoms with Gasteiger partial charge in [0.1, 0.15) is 0 Å². The van der Waals surface area contributed by atoms with Crippen LogP contribution in [0.15, 0.2) is 0 Å². The molecule has 0 amide bonds. The van der Waals surface area contributed by atoms with Crippen LogP contribution in [0.3, 0.4) is 0 Å². The summed E-state index contributed by atoms with van der Waals surface area (Å²) in [4.78, 5) is 0. The zero-order valence-corrected chi connectivity index (χ0v) is 10.9. The average Bonchev–Trinajstić information content (AvgIpc) is 2.00. The molecule has 1 spiro atoms. The van der Waals surface area contributed by atoms with E-state index in [1.807, 2.05) is 0 Å². The van der Waals surface area contributed by atoms with Crippen LogP contribution in [0.4, 0.5) is 0 Å². The molecule has 1 aliphatic heterocycles. The summed E-state index contributed by atoms with van der Waals surface area (Å²) in [6.45, 7) is 7.44. The van der Waals surface area contributed by atoms with E-state index in [9.17, 15) is 0 Å². The van der Waals surface area contributed by atoms with Crippen molar-refractivity contribution < 1.29 is 0 Å². The Morgan fingerprint density at radius 3 is 2.54 bits per heavy atom. The second-order valence-electron chi connectivity index (χ2n) is 5.37. The highest BCUT2D eigenvalue weighted by Gasteiger charge is 2.43. The Labute approximate surface area is 95.8 Å². The molecule has 2 fully saturated rings. The third kappa shape index (κ3) is 2.04. The van der Waals surface area contributed by atoms with Crippen LogP contribution in [-0.4, -0.2) is 16.2 Å². The van der Waals surface area contributed by atoms with Crippen molar-refractivity contribution in [1.82, 2.24) is 3.11 Å². The minimum Gasteiger partial charge on any atom is -0.247 e. The van der Waals surface area contributed by atoms with Crippen LogP contribution >= 0.6 is 22.9 Å². The maximum atomic E-state index is 2.53. The Bertz CT molecular complexity index is 187. The van der Waals surface area contributed by atoms with Crippen molar-refractivity contribution in [2.75, 3.05) is 13.1 Å². The van der Waals surface area contributed by atoms with Gasteiger partial charge in [-0.15, -0.1) is 0 Å². The van der Waals surface area contributed by atoms with Gasteiger partial charge < -0.3 is 0 Å². The molecule has 76 valence electrons. The Morgan fingerprint density at radius 2 is 2.08 bits per heavy atom. The molecule has 2 heteroatoms. The normalized spacial score (nSPS) is 33.7. The number of hydrogen-bond donors (Lipinski definition) is 0. The minimum absolute atomic E-state index is 0.744. The van der Waals surface area contributed by atoms with Gasteiger partial charge in [0.15, 0.2) is 0 Å². The van der Waals surface area contributed by atoms with E-state index in [0.29, 0.717) is 0 Å². The molecule has 1 aliphatic carbocycles. The minimum atomic E-state index is 0.744. The Morgan fingerprint density at radius 1 is 1.38 bits per heavy atom. The lowest BCUT2D eigenvalue weighted by atomic mass is 9.61. The van der Waals surface area contributed by atoms with Crippen LogP contribution in [0.2, 0.25) is 0 Å². The van der Waals surface area contributed by atoms with E-state index in [1.165, 1.54) is 38.8 Å². The molecule has 0 aromatic rings. The molecule has 0 aromatic carbocycles. The van der Waals surface area contributed by atoms with E-state index in [4.69, 9.17) is 0 Å². The van der Waals surface area contributed by atoms with E-state index >= 15 is 0 Å². The summed E-state index contributed by atoms with van der Waals surface area (Å²) in [7, 11) is 0. The van der Waals surface area contributed by atoms with Crippen molar-refractivity contribution in [3.8, 4) is 0 Å². The van der Waals surface area contributed by atoms with Gasteiger partial charge in [-0.25, -0.2) is 3.11 Å². The SMILES string of the molecule is CC(C)[C@@H]1CN(I)CC2(CCC2)C1. The van der Waals surface area contributed by atoms with Crippen molar-refractivity contribution in [3.63, 3.8) is 0 Å². The van der Waals surface area contributed by atoms with Crippen LogP contribution in [0.25, 0.3) is 0 Å². The molecule has 1 atom stereocenters. The van der Waals surface area contributed by atoms with Gasteiger partial charge in [0.25, 0.3) is 0 Å². The smallest absolute Gasteiger partial charge is 0.0201 e. The third-order valence-electron chi connectivity index (χ3n) is 3.99. The number of nitrogens with zero attached hydrogens (tertiary/aromatic N) is 1. The van der Waals surface area contributed by atoms with Crippen LogP contribution in [0.5, 0.6) is 0 Å². The second-order valence-corrected chi connectivity index (χ2v) is 6.73. The number of piperidine rings is 1. The van der Waals surface area contributed by atoms with Crippen molar-refractivity contribution in [2.45, 2.75) is 39.5 Å². The van der Waals surface area contributed by atoms with Gasteiger partial charge in [0, 0.05) is 36.0 Å². The van der Waals surface area contributed by atoms with Gasteiger partial charge in [-0.3, -0.25) is 0 Å². The predicted octanol–water partition coefficient (Wildman–Crippen LogP) is 3.48. The van der Waals surface area contributed by atoms with Crippen LogP contribution < -0.4 is 0 Å². The summed E-state index contributed by atoms with van der Waals surface area (Å²) in [5.41, 5.74) is 0.744. The summed E-state index contributed by atoms with van der Waals surface area (Å²) in [6.07, 6.45) is 5.98. The second kappa shape index (κ2) is 3.69. The van der Waals surface area contributed by atoms with E-state index in [0.717, 1.165) is 17.3 Å². The van der Waals surface area contributed by atoms with Crippen molar-refractivity contribution in [2.24, 2.45) is 17.3 Å². The van der Waals surface area contributed by atoms with Crippen molar-refractivity contribution in [3.05, 3.63) is 0 Å². The maximum absolute atomic E-state index is 2.53. The largest absolute Gasteiger partial charge is 0.247 e. The Kier molecular flexibility index (Phi) is 2.90. The van der Waals surface area contributed by atoms with Crippen LogP contribution in [0.1, 0.15) is 39.5 Å². The number of halogens is 1. The fourth-order valence-electron chi connectivity index (χ4n) is 2.85. The highest BCUT2D eigenvalue weighted by Crippen LogP contribution is 2.50. The van der Waals surface area contributed by atoms with Gasteiger partial charge in [0.2, 0.25) is 0 Å². The van der Waals surface area contributed by atoms with Crippen molar-refractivity contribution in [1.29, 1.82) is 0 Å². The first kappa shape index (κ1) is 10.2. The highest BCUT2D eigenvalue weighted by molar-refractivity contribution is 14.1. The molecule has 0 radical (unpaired) electrons. The molecule has 2 rings (SSSR count). The van der Waals surface area contributed by atoms with Gasteiger partial charge in [0.05, 0.1) is 0 Å². The van der Waals surface area contributed by atoms with Crippen LogP contribution in [-0.2, 0) is 0 Å². The molecule has 1 saturated carbocycles. The fraction of sp³-hybridized carbons (Fsp3) is 1.00. The van der Waals surface area contributed by atoms with E-state index in [-0.39, 0.29) is 0 Å². The first-order chi connectivity index (χ1) is 6.11. The molecular weight excluding hydrogens is 273 g/mol. The summed E-state index contributed by atoms with van der Waals surface area (Å²) in [5.74, 6) is 1.82. The monoisotopic (exact) mass is 293 g/mol. The zero-order chi connectivity index (χ0) is 9.47. The van der Waals surface area contributed by atoms with Crippen LogP contribution in [0, 0.1) is 17.3 Å². The molecule has 13 heavy (non-hydrogen) atoms. The van der Waals surface area contributed by atoms with E-state index in [2.05, 4.69) is 39.8 Å². The lowest BCUT2D eigenvalue weighted by Gasteiger charge is -2.51. The molecule has 0 unspecified atom stereocenters. The van der Waals surface area contributed by atoms with Gasteiger partial charge in [-0.1, -0.05) is 20.3 Å². The molecule has 0 aromatic heterocycles. The van der Waals surface area contributed by atoms with E-state index in [1.54, 1.807) is 0 Å². The molecule has 1 nitrogen and oxygen atoms in total. The Balaban J connectivity index is 2.01. The van der Waals surface area contributed by atoms with E-state index < -0.39 is 0 Å². The quantitative estimate of drug-likeness (QED) is 0.528. The first-order valence-corrected chi connectivity index (χ1v) is 6.49.